The van der Waals surface area contributed by atoms with E-state index >= 15 is 0 Å². The molecule has 0 saturated heterocycles. The van der Waals surface area contributed by atoms with Crippen LogP contribution >= 0.6 is 19.7 Å². The van der Waals surface area contributed by atoms with Crippen LogP contribution in [0.15, 0.2) is 12.3 Å². The van der Waals surface area contributed by atoms with Gasteiger partial charge in [-0.2, -0.15) is 0 Å². The quantitative estimate of drug-likeness (QED) is 0.371. The SMILES string of the molecule is [O-][P+]1=CC=CON1Cl. The van der Waals surface area contributed by atoms with Gasteiger partial charge in [0, 0.05) is 6.08 Å². The van der Waals surface area contributed by atoms with Gasteiger partial charge in [-0.05, 0) is 0 Å². The number of halogens is 1. The predicted molar refractivity (Wildman–Crippen MR) is 30.9 cm³/mol. The summed E-state index contributed by atoms with van der Waals surface area (Å²) in [6.45, 7) is 0. The molecule has 1 atom stereocenters. The molecule has 8 heavy (non-hydrogen) atoms. The zero-order chi connectivity index (χ0) is 5.98. The lowest BCUT2D eigenvalue weighted by Crippen LogP contribution is -2.09. The zero-order valence-corrected chi connectivity index (χ0v) is 5.47. The molecule has 0 N–H and O–H groups in total. The molecule has 1 rings (SSSR count). The van der Waals surface area contributed by atoms with E-state index in [1.807, 2.05) is 0 Å². The average Bonchev–Trinajstić information content (AvgIpc) is 1.77. The molecule has 44 valence electrons. The molecule has 1 heterocycles. The summed E-state index contributed by atoms with van der Waals surface area (Å²) in [6, 6.07) is 0. The molecule has 1 unspecified atom stereocenters. The maximum Gasteiger partial charge on any atom is 0.208 e. The van der Waals surface area contributed by atoms with E-state index in [9.17, 15) is 4.89 Å². The Hall–Kier alpha value is -0.0800. The van der Waals surface area contributed by atoms with E-state index in [-0.39, 0.29) is 0 Å². The highest BCUT2D eigenvalue weighted by Gasteiger charge is 2.11. The maximum absolute atomic E-state index is 10.5. The van der Waals surface area contributed by atoms with Crippen LogP contribution in [0.5, 0.6) is 0 Å². The van der Waals surface area contributed by atoms with Crippen LogP contribution in [0, 0.1) is 0 Å². The first-order valence-electron chi connectivity index (χ1n) is 1.89. The summed E-state index contributed by atoms with van der Waals surface area (Å²) in [5, 5.41) is 0. The highest BCUT2D eigenvalue weighted by Crippen LogP contribution is 2.23. The van der Waals surface area contributed by atoms with Gasteiger partial charge < -0.3 is 9.73 Å². The van der Waals surface area contributed by atoms with Crippen LogP contribution in [0.1, 0.15) is 0 Å². The standard InChI is InChI=1S/C3H3ClNO2P/c4-5-7-2-1-3-8(5)6/h1-3H. The number of rotatable bonds is 0. The van der Waals surface area contributed by atoms with Crippen LogP contribution in [-0.2, 0) is 4.84 Å². The Morgan fingerprint density at radius 2 is 2.50 bits per heavy atom. The Bertz CT molecular complexity index is 146. The Labute approximate surface area is 52.7 Å². The zero-order valence-electron chi connectivity index (χ0n) is 3.82. The van der Waals surface area contributed by atoms with Crippen LogP contribution in [0.2, 0.25) is 0 Å². The number of nitrogens with zero attached hydrogens (tertiary/aromatic N) is 1. The summed E-state index contributed by atoms with van der Waals surface area (Å²) in [5.74, 6) is 1.45. The molecule has 0 aromatic heterocycles. The average molecular weight is 151 g/mol. The molecule has 3 nitrogen and oxygen atoms in total. The van der Waals surface area contributed by atoms with Gasteiger partial charge in [-0.1, -0.05) is 0 Å². The molecule has 1 aliphatic heterocycles. The van der Waals surface area contributed by atoms with Gasteiger partial charge in [0.25, 0.3) is 0 Å². The van der Waals surface area contributed by atoms with E-state index in [4.69, 9.17) is 11.8 Å². The fraction of sp³-hybridized carbons (Fsp3) is 0. The molecule has 0 amide bonds. The topological polar surface area (TPSA) is 35.5 Å². The van der Waals surface area contributed by atoms with Gasteiger partial charge in [-0.15, -0.1) is 0 Å². The molecule has 0 aromatic rings. The molecule has 0 spiro atoms. The number of allylic oxidation sites excluding steroid dienone is 1. The summed E-state index contributed by atoms with van der Waals surface area (Å²) in [4.78, 5) is 15.0. The number of hydrogen-bond acceptors (Lipinski definition) is 3. The first-order chi connectivity index (χ1) is 3.80. The van der Waals surface area contributed by atoms with Gasteiger partial charge >= 0.3 is 0 Å². The molecule has 1 aliphatic rings. The van der Waals surface area contributed by atoms with Crippen LogP contribution in [0.25, 0.3) is 0 Å². The highest BCUT2D eigenvalue weighted by atomic mass is 35.5. The van der Waals surface area contributed by atoms with Crippen molar-refractivity contribution in [2.24, 2.45) is 0 Å². The van der Waals surface area contributed by atoms with Crippen molar-refractivity contribution >= 4 is 25.5 Å². The molecule has 0 radical (unpaired) electrons. The Kier molecular flexibility index (Phi) is 1.86. The fourth-order valence-electron chi connectivity index (χ4n) is 0.293. The second kappa shape index (κ2) is 2.46. The van der Waals surface area contributed by atoms with Gasteiger partial charge in [0.1, 0.15) is 16.4 Å². The third-order valence-corrected chi connectivity index (χ3v) is 1.95. The molecule has 0 saturated carbocycles. The lowest BCUT2D eigenvalue weighted by molar-refractivity contribution is -0.174. The molecule has 0 fully saturated rings. The summed E-state index contributed by atoms with van der Waals surface area (Å²) < 4.78 is 0.773. The van der Waals surface area contributed by atoms with Crippen molar-refractivity contribution in [3.8, 4) is 0 Å². The van der Waals surface area contributed by atoms with Crippen molar-refractivity contribution < 1.29 is 9.73 Å². The molecule has 0 bridgehead atoms. The van der Waals surface area contributed by atoms with Crippen molar-refractivity contribution in [1.82, 2.24) is 4.35 Å². The van der Waals surface area contributed by atoms with Crippen molar-refractivity contribution in [2.75, 3.05) is 0 Å². The van der Waals surface area contributed by atoms with E-state index < -0.39 is 7.92 Å². The smallest absolute Gasteiger partial charge is 0.208 e. The van der Waals surface area contributed by atoms with E-state index in [0.717, 1.165) is 4.35 Å². The largest absolute Gasteiger partial charge is 0.610 e. The minimum atomic E-state index is -1.64. The number of hydrogen-bond donors (Lipinski definition) is 0. The van der Waals surface area contributed by atoms with Crippen molar-refractivity contribution in [3.05, 3.63) is 12.3 Å². The Morgan fingerprint density at radius 3 is 2.88 bits per heavy atom. The van der Waals surface area contributed by atoms with Crippen molar-refractivity contribution in [3.63, 3.8) is 0 Å². The second-order valence-electron chi connectivity index (χ2n) is 1.11. The lowest BCUT2D eigenvalue weighted by Gasteiger charge is -2.07. The third kappa shape index (κ3) is 1.20. The van der Waals surface area contributed by atoms with E-state index in [1.54, 1.807) is 0 Å². The minimum absolute atomic E-state index is 0.773. The third-order valence-electron chi connectivity index (χ3n) is 0.595. The maximum atomic E-state index is 10.5. The van der Waals surface area contributed by atoms with E-state index in [0.29, 0.717) is 0 Å². The van der Waals surface area contributed by atoms with Gasteiger partial charge in [0.2, 0.25) is 7.92 Å². The van der Waals surface area contributed by atoms with Crippen molar-refractivity contribution in [2.45, 2.75) is 0 Å². The Morgan fingerprint density at radius 1 is 1.75 bits per heavy atom. The van der Waals surface area contributed by atoms with Crippen molar-refractivity contribution in [1.29, 1.82) is 0 Å². The lowest BCUT2D eigenvalue weighted by atomic mass is 10.7. The summed E-state index contributed by atoms with van der Waals surface area (Å²) in [7, 11) is -1.64. The first kappa shape index (κ1) is 6.05. The monoisotopic (exact) mass is 151 g/mol. The van der Waals surface area contributed by atoms with Crippen LogP contribution < -0.4 is 4.89 Å². The van der Waals surface area contributed by atoms with Gasteiger partial charge in [0.05, 0.1) is 11.8 Å². The normalized spacial score (nSPS) is 24.5. The molecule has 0 aliphatic carbocycles. The van der Waals surface area contributed by atoms with E-state index in [1.165, 1.54) is 18.1 Å². The molecule has 0 aromatic carbocycles. The van der Waals surface area contributed by atoms with Gasteiger partial charge in [-0.3, -0.25) is 0 Å². The summed E-state index contributed by atoms with van der Waals surface area (Å²) in [5.41, 5.74) is 0. The molecule has 5 heteroatoms. The van der Waals surface area contributed by atoms with Crippen LogP contribution in [0.3, 0.4) is 0 Å². The first-order valence-corrected chi connectivity index (χ1v) is 3.51. The molecular weight excluding hydrogens is 148 g/mol. The van der Waals surface area contributed by atoms with Crippen LogP contribution in [-0.4, -0.2) is 10.1 Å². The van der Waals surface area contributed by atoms with Crippen LogP contribution in [0.4, 0.5) is 0 Å². The molecular formula is C3H3ClNO2P. The minimum Gasteiger partial charge on any atom is -0.610 e. The fourth-order valence-corrected chi connectivity index (χ4v) is 0.960. The predicted octanol–water partition coefficient (Wildman–Crippen LogP) is 0.375. The second-order valence-corrected chi connectivity index (χ2v) is 2.92. The Balaban J connectivity index is 2.66. The van der Waals surface area contributed by atoms with E-state index in [2.05, 4.69) is 4.84 Å². The summed E-state index contributed by atoms with van der Waals surface area (Å²) >= 11 is 5.21. The summed E-state index contributed by atoms with van der Waals surface area (Å²) in [6.07, 6.45) is 2.89. The van der Waals surface area contributed by atoms with Gasteiger partial charge in [0.15, 0.2) is 0 Å². The van der Waals surface area contributed by atoms with Gasteiger partial charge in [-0.25, -0.2) is 0 Å². The highest BCUT2D eigenvalue weighted by molar-refractivity contribution is 7.49.